The van der Waals surface area contributed by atoms with Crippen molar-refractivity contribution in [1.82, 2.24) is 10.2 Å². The van der Waals surface area contributed by atoms with Gasteiger partial charge in [-0.25, -0.2) is 0 Å². The van der Waals surface area contributed by atoms with E-state index in [1.165, 1.54) is 0 Å². The predicted molar refractivity (Wildman–Crippen MR) is 75.6 cm³/mol. The molecule has 1 N–H and O–H groups in total. The Labute approximate surface area is 116 Å². The summed E-state index contributed by atoms with van der Waals surface area (Å²) in [6.45, 7) is 0.188. The van der Waals surface area contributed by atoms with Crippen LogP contribution in [0.25, 0.3) is 0 Å². The quantitative estimate of drug-likeness (QED) is 0.835. The first kappa shape index (κ1) is 13.5. The summed E-state index contributed by atoms with van der Waals surface area (Å²) in [4.78, 5) is 25.9. The van der Waals surface area contributed by atoms with Crippen molar-refractivity contribution in [2.24, 2.45) is 0 Å². The first-order valence-corrected chi connectivity index (χ1v) is 7.04. The highest BCUT2D eigenvalue weighted by Gasteiger charge is 2.34. The van der Waals surface area contributed by atoms with Crippen molar-refractivity contribution in [3.8, 4) is 12.3 Å². The number of nitrogens with zero attached hydrogens (tertiary/aromatic N) is 1. The summed E-state index contributed by atoms with van der Waals surface area (Å²) < 4.78 is 0. The Bertz CT molecular complexity index is 510. The van der Waals surface area contributed by atoms with Gasteiger partial charge in [-0.1, -0.05) is 24.1 Å². The maximum Gasteiger partial charge on any atom is 0.255 e. The van der Waals surface area contributed by atoms with Crippen LogP contribution in [0.3, 0.4) is 0 Å². The van der Waals surface area contributed by atoms with Crippen molar-refractivity contribution in [3.05, 3.63) is 35.9 Å². The molecule has 1 fully saturated rings. The van der Waals surface area contributed by atoms with Gasteiger partial charge in [0.1, 0.15) is 6.04 Å². The highest BCUT2D eigenvalue weighted by atomic mass is 32.2. The Morgan fingerprint density at radius 2 is 2.16 bits per heavy atom. The summed E-state index contributed by atoms with van der Waals surface area (Å²) in [5, 5.41) is 2.63. The van der Waals surface area contributed by atoms with Crippen LogP contribution >= 0.6 is 11.8 Å². The van der Waals surface area contributed by atoms with Crippen LogP contribution in [0.15, 0.2) is 30.3 Å². The van der Waals surface area contributed by atoms with Crippen molar-refractivity contribution in [3.63, 3.8) is 0 Å². The minimum atomic E-state index is -0.439. The molecule has 2 amide bonds. The molecule has 1 aromatic carbocycles. The largest absolute Gasteiger partial charge is 0.343 e. The summed E-state index contributed by atoms with van der Waals surface area (Å²) in [6.07, 6.45) is 5.11. The second kappa shape index (κ2) is 6.30. The molecule has 0 unspecified atom stereocenters. The van der Waals surface area contributed by atoms with Crippen molar-refractivity contribution < 1.29 is 9.59 Å². The minimum Gasteiger partial charge on any atom is -0.343 e. The van der Waals surface area contributed by atoms with E-state index in [1.54, 1.807) is 28.8 Å². The van der Waals surface area contributed by atoms with Gasteiger partial charge in [0.25, 0.3) is 5.91 Å². The minimum absolute atomic E-state index is 0.119. The zero-order valence-electron chi connectivity index (χ0n) is 10.3. The summed E-state index contributed by atoms with van der Waals surface area (Å²) in [5.74, 6) is 3.18. The molecular weight excluding hydrogens is 260 g/mol. The van der Waals surface area contributed by atoms with Gasteiger partial charge in [0.2, 0.25) is 5.91 Å². The molecule has 0 bridgehead atoms. The van der Waals surface area contributed by atoms with E-state index in [1.807, 2.05) is 18.2 Å². The first-order chi connectivity index (χ1) is 9.24. The van der Waals surface area contributed by atoms with Crippen LogP contribution in [-0.2, 0) is 4.79 Å². The number of rotatable bonds is 3. The van der Waals surface area contributed by atoms with Gasteiger partial charge < -0.3 is 10.2 Å². The van der Waals surface area contributed by atoms with Crippen LogP contribution < -0.4 is 5.32 Å². The van der Waals surface area contributed by atoms with E-state index in [4.69, 9.17) is 6.42 Å². The summed E-state index contributed by atoms with van der Waals surface area (Å²) in [5.41, 5.74) is 0.597. The van der Waals surface area contributed by atoms with Gasteiger partial charge in [0.15, 0.2) is 0 Å². The Hall–Kier alpha value is -1.93. The number of hydrogen-bond acceptors (Lipinski definition) is 3. The van der Waals surface area contributed by atoms with Crippen LogP contribution in [0.1, 0.15) is 10.4 Å². The number of terminal acetylenes is 1. The lowest BCUT2D eigenvalue weighted by atomic mass is 10.1. The smallest absolute Gasteiger partial charge is 0.255 e. The zero-order valence-corrected chi connectivity index (χ0v) is 11.2. The van der Waals surface area contributed by atoms with Crippen molar-refractivity contribution in [1.29, 1.82) is 0 Å². The average molecular weight is 274 g/mol. The fraction of sp³-hybridized carbons (Fsp3) is 0.286. The highest BCUT2D eigenvalue weighted by Crippen LogP contribution is 2.23. The molecule has 98 valence electrons. The highest BCUT2D eigenvalue weighted by molar-refractivity contribution is 7.99. The summed E-state index contributed by atoms with van der Waals surface area (Å²) >= 11 is 1.57. The van der Waals surface area contributed by atoms with Gasteiger partial charge in [-0.2, -0.15) is 0 Å². The molecule has 19 heavy (non-hydrogen) atoms. The second-order valence-electron chi connectivity index (χ2n) is 4.08. The van der Waals surface area contributed by atoms with Gasteiger partial charge in [0.05, 0.1) is 12.4 Å². The molecular formula is C14H14N2O2S. The average Bonchev–Trinajstić information content (AvgIpc) is 2.94. The summed E-state index contributed by atoms with van der Waals surface area (Å²) in [6, 6.07) is 8.54. The lowest BCUT2D eigenvalue weighted by molar-refractivity contribution is -0.124. The molecule has 0 radical (unpaired) electrons. The molecule has 1 heterocycles. The lowest BCUT2D eigenvalue weighted by Gasteiger charge is -2.22. The van der Waals surface area contributed by atoms with Gasteiger partial charge in [-0.05, 0) is 12.1 Å². The van der Waals surface area contributed by atoms with Gasteiger partial charge in [0, 0.05) is 11.3 Å². The van der Waals surface area contributed by atoms with E-state index in [0.29, 0.717) is 17.2 Å². The first-order valence-electron chi connectivity index (χ1n) is 5.89. The molecule has 1 aromatic rings. The molecule has 0 saturated carbocycles. The monoisotopic (exact) mass is 274 g/mol. The van der Waals surface area contributed by atoms with Crippen molar-refractivity contribution in [2.45, 2.75) is 6.04 Å². The molecule has 0 aromatic heterocycles. The van der Waals surface area contributed by atoms with Crippen LogP contribution in [0.2, 0.25) is 0 Å². The van der Waals surface area contributed by atoms with Crippen LogP contribution in [0.4, 0.5) is 0 Å². The normalized spacial score (nSPS) is 17.8. The van der Waals surface area contributed by atoms with E-state index in [9.17, 15) is 9.59 Å². The molecule has 1 aliphatic rings. The molecule has 4 nitrogen and oxygen atoms in total. The number of carbonyl (C=O) groups is 2. The maximum atomic E-state index is 12.3. The van der Waals surface area contributed by atoms with Crippen molar-refractivity contribution >= 4 is 23.6 Å². The predicted octanol–water partition coefficient (Wildman–Crippen LogP) is 0.951. The molecule has 1 atom stereocenters. The Morgan fingerprint density at radius 3 is 2.84 bits per heavy atom. The number of hydrogen-bond donors (Lipinski definition) is 1. The molecule has 0 aliphatic carbocycles. The fourth-order valence-corrected chi connectivity index (χ4v) is 3.02. The third-order valence-corrected chi connectivity index (χ3v) is 3.84. The van der Waals surface area contributed by atoms with Crippen LogP contribution in [-0.4, -0.2) is 40.9 Å². The topological polar surface area (TPSA) is 49.4 Å². The van der Waals surface area contributed by atoms with Crippen LogP contribution in [0.5, 0.6) is 0 Å². The number of nitrogens with one attached hydrogen (secondary N) is 1. The molecule has 2 rings (SSSR count). The third-order valence-electron chi connectivity index (χ3n) is 2.83. The summed E-state index contributed by atoms with van der Waals surface area (Å²) in [7, 11) is 0. The van der Waals surface area contributed by atoms with E-state index in [-0.39, 0.29) is 18.4 Å². The van der Waals surface area contributed by atoms with Gasteiger partial charge >= 0.3 is 0 Å². The SMILES string of the molecule is C#CCNC(=O)[C@H]1CSCN1C(=O)c1ccccc1. The zero-order chi connectivity index (χ0) is 13.7. The Kier molecular flexibility index (Phi) is 4.48. The Morgan fingerprint density at radius 1 is 1.42 bits per heavy atom. The number of benzene rings is 1. The Balaban J connectivity index is 2.09. The van der Waals surface area contributed by atoms with E-state index < -0.39 is 6.04 Å². The fourth-order valence-electron chi connectivity index (χ4n) is 1.86. The van der Waals surface area contributed by atoms with E-state index >= 15 is 0 Å². The second-order valence-corrected chi connectivity index (χ2v) is 5.08. The van der Waals surface area contributed by atoms with Crippen molar-refractivity contribution in [2.75, 3.05) is 18.2 Å². The number of carbonyl (C=O) groups excluding carboxylic acids is 2. The molecule has 1 saturated heterocycles. The number of amides is 2. The van der Waals surface area contributed by atoms with Gasteiger partial charge in [-0.3, -0.25) is 9.59 Å². The van der Waals surface area contributed by atoms with E-state index in [2.05, 4.69) is 11.2 Å². The standard InChI is InChI=1S/C14H14N2O2S/c1-2-8-15-13(17)12-9-19-10-16(12)14(18)11-6-4-3-5-7-11/h1,3-7,12H,8-10H2,(H,15,17)/t12-/m1/s1. The molecule has 1 aliphatic heterocycles. The van der Waals surface area contributed by atoms with Crippen LogP contribution in [0, 0.1) is 12.3 Å². The van der Waals surface area contributed by atoms with Gasteiger partial charge in [-0.15, -0.1) is 18.2 Å². The number of thioether (sulfide) groups is 1. The molecule has 5 heteroatoms. The lowest BCUT2D eigenvalue weighted by Crippen LogP contribution is -2.47. The maximum absolute atomic E-state index is 12.3. The third kappa shape index (κ3) is 3.09. The molecule has 0 spiro atoms. The van der Waals surface area contributed by atoms with E-state index in [0.717, 1.165) is 0 Å².